The van der Waals surface area contributed by atoms with Gasteiger partial charge < -0.3 is 10.4 Å². The number of nitrogens with zero attached hydrogens (tertiary/aromatic N) is 2. The Morgan fingerprint density at radius 2 is 1.81 bits per heavy atom. The van der Waals surface area contributed by atoms with E-state index < -0.39 is 0 Å². The van der Waals surface area contributed by atoms with Crippen LogP contribution in [0.25, 0.3) is 0 Å². The third-order valence-electron chi connectivity index (χ3n) is 2.29. The van der Waals surface area contributed by atoms with Crippen LogP contribution in [0, 0.1) is 19.8 Å². The van der Waals surface area contributed by atoms with Crippen molar-refractivity contribution in [1.29, 1.82) is 0 Å². The summed E-state index contributed by atoms with van der Waals surface area (Å²) in [5.41, 5.74) is 1.88. The lowest BCUT2D eigenvalue weighted by Crippen LogP contribution is -2.26. The maximum absolute atomic E-state index is 9.26. The summed E-state index contributed by atoms with van der Waals surface area (Å²) in [6.07, 6.45) is 0.910. The van der Waals surface area contributed by atoms with E-state index in [9.17, 15) is 5.11 Å². The van der Waals surface area contributed by atoms with E-state index in [0.29, 0.717) is 11.9 Å². The summed E-state index contributed by atoms with van der Waals surface area (Å²) in [6.45, 7) is 8.25. The Kier molecular flexibility index (Phi) is 4.68. The molecule has 0 radical (unpaired) electrons. The number of rotatable bonds is 5. The normalized spacial score (nSPS) is 12.9. The highest BCUT2D eigenvalue weighted by molar-refractivity contribution is 5.29. The molecule has 1 aromatic rings. The smallest absolute Gasteiger partial charge is 0.223 e. The van der Waals surface area contributed by atoms with Gasteiger partial charge in [0, 0.05) is 11.4 Å². The molecule has 0 aliphatic rings. The molecule has 0 aliphatic carbocycles. The van der Waals surface area contributed by atoms with Gasteiger partial charge in [-0.15, -0.1) is 0 Å². The zero-order valence-electron chi connectivity index (χ0n) is 10.5. The Labute approximate surface area is 97.1 Å². The first-order chi connectivity index (χ1) is 7.51. The zero-order valence-corrected chi connectivity index (χ0v) is 10.5. The van der Waals surface area contributed by atoms with Gasteiger partial charge in [-0.25, -0.2) is 9.97 Å². The van der Waals surface area contributed by atoms with Crippen LogP contribution < -0.4 is 5.32 Å². The van der Waals surface area contributed by atoms with Gasteiger partial charge >= 0.3 is 0 Å². The number of aliphatic hydroxyl groups is 1. The van der Waals surface area contributed by atoms with Gasteiger partial charge in [0.1, 0.15) is 0 Å². The second-order valence-corrected chi connectivity index (χ2v) is 4.63. The van der Waals surface area contributed by atoms with Gasteiger partial charge in [0.2, 0.25) is 5.95 Å². The highest BCUT2D eigenvalue weighted by atomic mass is 16.3. The molecule has 1 atom stereocenters. The molecular formula is C12H21N3O. The van der Waals surface area contributed by atoms with Crippen LogP contribution >= 0.6 is 0 Å². The van der Waals surface area contributed by atoms with Crippen LogP contribution in [0.3, 0.4) is 0 Å². The molecule has 1 unspecified atom stereocenters. The molecule has 0 fully saturated rings. The second-order valence-electron chi connectivity index (χ2n) is 4.63. The fraction of sp³-hybridized carbons (Fsp3) is 0.667. The van der Waals surface area contributed by atoms with E-state index in [2.05, 4.69) is 29.1 Å². The van der Waals surface area contributed by atoms with Crippen molar-refractivity contribution in [3.05, 3.63) is 17.5 Å². The standard InChI is InChI=1S/C12H21N3O/c1-8(2)5-11(7-16)15-12-13-9(3)6-10(4)14-12/h6,8,11,16H,5,7H2,1-4H3,(H,13,14,15). The van der Waals surface area contributed by atoms with Crippen molar-refractivity contribution in [2.45, 2.75) is 40.2 Å². The highest BCUT2D eigenvalue weighted by Crippen LogP contribution is 2.10. The molecule has 0 aliphatic heterocycles. The minimum absolute atomic E-state index is 0.0289. The Bertz CT molecular complexity index is 319. The molecule has 2 N–H and O–H groups in total. The van der Waals surface area contributed by atoms with Gasteiger partial charge in [-0.05, 0) is 32.3 Å². The average molecular weight is 223 g/mol. The number of hydrogen-bond acceptors (Lipinski definition) is 4. The van der Waals surface area contributed by atoms with Gasteiger partial charge in [-0.1, -0.05) is 13.8 Å². The molecule has 0 amide bonds. The monoisotopic (exact) mass is 223 g/mol. The Morgan fingerprint density at radius 3 is 2.25 bits per heavy atom. The first-order valence-electron chi connectivity index (χ1n) is 5.71. The van der Waals surface area contributed by atoms with E-state index in [0.717, 1.165) is 17.8 Å². The number of anilines is 1. The third kappa shape index (κ3) is 4.14. The minimum atomic E-state index is 0.0289. The molecule has 4 heteroatoms. The predicted octanol–water partition coefficient (Wildman–Crippen LogP) is 1.91. The molecule has 4 nitrogen and oxygen atoms in total. The van der Waals surface area contributed by atoms with Gasteiger partial charge in [-0.2, -0.15) is 0 Å². The Morgan fingerprint density at radius 1 is 1.25 bits per heavy atom. The number of aliphatic hydroxyl groups excluding tert-OH is 1. The molecule has 1 rings (SSSR count). The van der Waals surface area contributed by atoms with E-state index in [-0.39, 0.29) is 12.6 Å². The van der Waals surface area contributed by atoms with Crippen LogP contribution in [0.1, 0.15) is 31.7 Å². The molecule has 1 aromatic heterocycles. The lowest BCUT2D eigenvalue weighted by molar-refractivity contribution is 0.259. The summed E-state index contributed by atoms with van der Waals surface area (Å²) < 4.78 is 0. The van der Waals surface area contributed by atoms with E-state index in [1.54, 1.807) is 0 Å². The van der Waals surface area contributed by atoms with E-state index in [1.807, 2.05) is 19.9 Å². The van der Waals surface area contributed by atoms with Crippen molar-refractivity contribution >= 4 is 5.95 Å². The average Bonchev–Trinajstić information content (AvgIpc) is 2.14. The van der Waals surface area contributed by atoms with Crippen LogP contribution in [0.15, 0.2) is 6.07 Å². The second kappa shape index (κ2) is 5.80. The van der Waals surface area contributed by atoms with Crippen LogP contribution in [-0.4, -0.2) is 27.7 Å². The van der Waals surface area contributed by atoms with Crippen molar-refractivity contribution in [1.82, 2.24) is 9.97 Å². The van der Waals surface area contributed by atoms with Crippen LogP contribution in [0.5, 0.6) is 0 Å². The highest BCUT2D eigenvalue weighted by Gasteiger charge is 2.11. The molecule has 0 saturated carbocycles. The Balaban J connectivity index is 2.69. The van der Waals surface area contributed by atoms with E-state index in [1.165, 1.54) is 0 Å². The predicted molar refractivity (Wildman–Crippen MR) is 65.5 cm³/mol. The summed E-state index contributed by atoms with van der Waals surface area (Å²) >= 11 is 0. The van der Waals surface area contributed by atoms with Gasteiger partial charge in [0.05, 0.1) is 12.6 Å². The lowest BCUT2D eigenvalue weighted by atomic mass is 10.0. The van der Waals surface area contributed by atoms with Gasteiger partial charge in [-0.3, -0.25) is 0 Å². The topological polar surface area (TPSA) is 58.0 Å². The summed E-state index contributed by atoms with van der Waals surface area (Å²) in [5.74, 6) is 1.15. The van der Waals surface area contributed by atoms with Crippen LogP contribution in [-0.2, 0) is 0 Å². The SMILES string of the molecule is Cc1cc(C)nc(NC(CO)CC(C)C)n1. The molecule has 0 bridgehead atoms. The van der Waals surface area contributed by atoms with Crippen molar-refractivity contribution in [3.63, 3.8) is 0 Å². The first-order valence-corrected chi connectivity index (χ1v) is 5.71. The summed E-state index contributed by atoms with van der Waals surface area (Å²) in [4.78, 5) is 8.59. The number of hydrogen-bond donors (Lipinski definition) is 2. The van der Waals surface area contributed by atoms with Crippen LogP contribution in [0.2, 0.25) is 0 Å². The molecule has 1 heterocycles. The molecule has 0 aromatic carbocycles. The third-order valence-corrected chi connectivity index (χ3v) is 2.29. The molecule has 16 heavy (non-hydrogen) atoms. The van der Waals surface area contributed by atoms with Gasteiger partial charge in [0.25, 0.3) is 0 Å². The quantitative estimate of drug-likeness (QED) is 0.800. The summed E-state index contributed by atoms with van der Waals surface area (Å²) in [6, 6.07) is 1.96. The summed E-state index contributed by atoms with van der Waals surface area (Å²) in [5, 5.41) is 12.4. The maximum atomic E-state index is 9.26. The molecule has 90 valence electrons. The van der Waals surface area contributed by atoms with Crippen molar-refractivity contribution in [2.75, 3.05) is 11.9 Å². The van der Waals surface area contributed by atoms with E-state index in [4.69, 9.17) is 0 Å². The molecular weight excluding hydrogens is 202 g/mol. The zero-order chi connectivity index (χ0) is 12.1. The maximum Gasteiger partial charge on any atom is 0.223 e. The Hall–Kier alpha value is -1.16. The summed E-state index contributed by atoms with van der Waals surface area (Å²) in [7, 11) is 0. The molecule has 0 saturated heterocycles. The van der Waals surface area contributed by atoms with Crippen molar-refractivity contribution < 1.29 is 5.11 Å². The number of aryl methyl sites for hydroxylation is 2. The first kappa shape index (κ1) is 12.9. The molecule has 0 spiro atoms. The lowest BCUT2D eigenvalue weighted by Gasteiger charge is -2.18. The van der Waals surface area contributed by atoms with Crippen molar-refractivity contribution in [3.8, 4) is 0 Å². The van der Waals surface area contributed by atoms with Crippen molar-refractivity contribution in [2.24, 2.45) is 5.92 Å². The number of aromatic nitrogens is 2. The fourth-order valence-electron chi connectivity index (χ4n) is 1.72. The fourth-order valence-corrected chi connectivity index (χ4v) is 1.72. The largest absolute Gasteiger partial charge is 0.394 e. The minimum Gasteiger partial charge on any atom is -0.394 e. The number of nitrogens with one attached hydrogen (secondary N) is 1. The van der Waals surface area contributed by atoms with Crippen LogP contribution in [0.4, 0.5) is 5.95 Å². The van der Waals surface area contributed by atoms with E-state index >= 15 is 0 Å². The van der Waals surface area contributed by atoms with Gasteiger partial charge in [0.15, 0.2) is 0 Å².